The molecule has 0 radical (unpaired) electrons. The second-order valence-electron chi connectivity index (χ2n) is 8.68. The number of rotatable bonds is 7. The van der Waals surface area contributed by atoms with Gasteiger partial charge in [0.15, 0.2) is 0 Å². The van der Waals surface area contributed by atoms with Gasteiger partial charge in [-0.15, -0.1) is 0 Å². The maximum absolute atomic E-state index is 12.2. The highest BCUT2D eigenvalue weighted by atomic mass is 16.2. The van der Waals surface area contributed by atoms with Gasteiger partial charge in [0.25, 0.3) is 0 Å². The van der Waals surface area contributed by atoms with Crippen LogP contribution in [0.3, 0.4) is 0 Å². The Morgan fingerprint density at radius 1 is 1.00 bits per heavy atom. The molecule has 2 aliphatic carbocycles. The van der Waals surface area contributed by atoms with Gasteiger partial charge in [0, 0.05) is 30.3 Å². The Labute approximate surface area is 144 Å². The van der Waals surface area contributed by atoms with E-state index in [9.17, 15) is 14.4 Å². The Hall–Kier alpha value is -1.59. The van der Waals surface area contributed by atoms with Crippen LogP contribution in [0.15, 0.2) is 0 Å². The van der Waals surface area contributed by atoms with Gasteiger partial charge in [-0.1, -0.05) is 27.7 Å². The van der Waals surface area contributed by atoms with Crippen LogP contribution in [0.5, 0.6) is 0 Å². The fourth-order valence-electron chi connectivity index (χ4n) is 2.74. The summed E-state index contributed by atoms with van der Waals surface area (Å²) in [6.07, 6.45) is 5.01. The van der Waals surface area contributed by atoms with E-state index in [1.54, 1.807) is 0 Å². The van der Waals surface area contributed by atoms with Gasteiger partial charge in [-0.3, -0.25) is 14.4 Å². The standard InChI is InChI=1S/C18H31N3O3/c1-16(2,3)14(23)19-11-6-13(22)21-18(7-5-8-18)12-20-15(24)17(4)9-10-17/h5-12H2,1-4H3,(H,19,23)(H,20,24)(H,21,22). The maximum Gasteiger partial charge on any atom is 0.226 e. The monoisotopic (exact) mass is 337 g/mol. The van der Waals surface area contributed by atoms with Crippen LogP contribution in [-0.2, 0) is 14.4 Å². The highest BCUT2D eigenvalue weighted by Crippen LogP contribution is 2.45. The zero-order valence-electron chi connectivity index (χ0n) is 15.4. The summed E-state index contributed by atoms with van der Waals surface area (Å²) in [5.41, 5.74) is -0.937. The van der Waals surface area contributed by atoms with E-state index in [2.05, 4.69) is 16.0 Å². The quantitative estimate of drug-likeness (QED) is 0.658. The Morgan fingerprint density at radius 3 is 2.08 bits per heavy atom. The normalized spacial score (nSPS) is 20.5. The first-order chi connectivity index (χ1) is 11.1. The molecule has 0 saturated heterocycles. The van der Waals surface area contributed by atoms with Crippen LogP contribution in [-0.4, -0.2) is 36.3 Å². The van der Waals surface area contributed by atoms with Crippen LogP contribution in [0.4, 0.5) is 0 Å². The summed E-state index contributed by atoms with van der Waals surface area (Å²) in [7, 11) is 0. The lowest BCUT2D eigenvalue weighted by Gasteiger charge is -2.43. The van der Waals surface area contributed by atoms with Gasteiger partial charge in [0.1, 0.15) is 0 Å². The van der Waals surface area contributed by atoms with Crippen molar-refractivity contribution < 1.29 is 14.4 Å². The third kappa shape index (κ3) is 4.71. The van der Waals surface area contributed by atoms with E-state index in [0.717, 1.165) is 32.1 Å². The molecular formula is C18H31N3O3. The SMILES string of the molecule is CC(C)(C)C(=O)NCCC(=O)NC1(CNC(=O)C2(C)CC2)CCC1. The van der Waals surface area contributed by atoms with Gasteiger partial charge in [-0.2, -0.15) is 0 Å². The van der Waals surface area contributed by atoms with Crippen LogP contribution >= 0.6 is 0 Å². The van der Waals surface area contributed by atoms with Crippen molar-refractivity contribution in [2.24, 2.45) is 10.8 Å². The Morgan fingerprint density at radius 2 is 1.62 bits per heavy atom. The number of amides is 3. The van der Waals surface area contributed by atoms with Gasteiger partial charge in [0.05, 0.1) is 5.54 Å². The molecule has 0 aromatic carbocycles. The molecule has 0 unspecified atom stereocenters. The molecule has 24 heavy (non-hydrogen) atoms. The molecule has 3 amide bonds. The van der Waals surface area contributed by atoms with Crippen molar-refractivity contribution in [1.82, 2.24) is 16.0 Å². The van der Waals surface area contributed by atoms with E-state index in [4.69, 9.17) is 0 Å². The van der Waals surface area contributed by atoms with Crippen molar-refractivity contribution in [3.63, 3.8) is 0 Å². The number of carbonyl (C=O) groups is 3. The summed E-state index contributed by atoms with van der Waals surface area (Å²) in [5.74, 6) is -0.0325. The van der Waals surface area contributed by atoms with Crippen LogP contribution < -0.4 is 16.0 Å². The summed E-state index contributed by atoms with van der Waals surface area (Å²) >= 11 is 0. The van der Waals surface area contributed by atoms with E-state index in [1.165, 1.54) is 0 Å². The van der Waals surface area contributed by atoms with Crippen LogP contribution in [0.25, 0.3) is 0 Å². The molecule has 0 aliphatic heterocycles. The first-order valence-corrected chi connectivity index (χ1v) is 8.94. The molecule has 3 N–H and O–H groups in total. The smallest absolute Gasteiger partial charge is 0.226 e. The van der Waals surface area contributed by atoms with E-state index in [1.807, 2.05) is 27.7 Å². The second-order valence-corrected chi connectivity index (χ2v) is 8.68. The molecule has 2 fully saturated rings. The lowest BCUT2D eigenvalue weighted by molar-refractivity contribution is -0.129. The van der Waals surface area contributed by atoms with Gasteiger partial charge < -0.3 is 16.0 Å². The molecular weight excluding hydrogens is 306 g/mol. The first-order valence-electron chi connectivity index (χ1n) is 8.94. The zero-order valence-corrected chi connectivity index (χ0v) is 15.4. The van der Waals surface area contributed by atoms with E-state index in [-0.39, 0.29) is 35.1 Å². The average Bonchev–Trinajstić information content (AvgIpc) is 3.19. The second kappa shape index (κ2) is 6.73. The van der Waals surface area contributed by atoms with Gasteiger partial charge >= 0.3 is 0 Å². The van der Waals surface area contributed by atoms with E-state index in [0.29, 0.717) is 13.1 Å². The molecule has 0 atom stereocenters. The fourth-order valence-corrected chi connectivity index (χ4v) is 2.74. The molecule has 136 valence electrons. The van der Waals surface area contributed by atoms with Crippen molar-refractivity contribution in [3.05, 3.63) is 0 Å². The summed E-state index contributed by atoms with van der Waals surface area (Å²) in [6.45, 7) is 8.34. The maximum atomic E-state index is 12.2. The molecule has 6 heteroatoms. The summed E-state index contributed by atoms with van der Waals surface area (Å²) in [4.78, 5) is 36.0. The van der Waals surface area contributed by atoms with Gasteiger partial charge in [0.2, 0.25) is 17.7 Å². The Bertz CT molecular complexity index is 514. The minimum atomic E-state index is -0.450. The van der Waals surface area contributed by atoms with Crippen molar-refractivity contribution in [2.45, 2.75) is 71.8 Å². The third-order valence-electron chi connectivity index (χ3n) is 5.17. The summed E-state index contributed by atoms with van der Waals surface area (Å²) in [5, 5.41) is 8.85. The van der Waals surface area contributed by atoms with Crippen molar-refractivity contribution in [3.8, 4) is 0 Å². The zero-order chi connectivity index (χ0) is 18.0. The predicted octanol–water partition coefficient (Wildman–Crippen LogP) is 1.49. The fraction of sp³-hybridized carbons (Fsp3) is 0.833. The van der Waals surface area contributed by atoms with Crippen molar-refractivity contribution in [1.29, 1.82) is 0 Å². The Kier molecular flexibility index (Phi) is 5.25. The topological polar surface area (TPSA) is 87.3 Å². The number of hydrogen-bond donors (Lipinski definition) is 3. The third-order valence-corrected chi connectivity index (χ3v) is 5.17. The Balaban J connectivity index is 1.72. The van der Waals surface area contributed by atoms with E-state index >= 15 is 0 Å². The summed E-state index contributed by atoms with van der Waals surface area (Å²) < 4.78 is 0. The largest absolute Gasteiger partial charge is 0.355 e. The van der Waals surface area contributed by atoms with Gasteiger partial charge in [-0.25, -0.2) is 0 Å². The van der Waals surface area contributed by atoms with Crippen molar-refractivity contribution in [2.75, 3.05) is 13.1 Å². The minimum absolute atomic E-state index is 0.0569. The lowest BCUT2D eigenvalue weighted by atomic mass is 9.76. The number of hydrogen-bond acceptors (Lipinski definition) is 3. The molecule has 6 nitrogen and oxygen atoms in total. The predicted molar refractivity (Wildman–Crippen MR) is 92.2 cm³/mol. The van der Waals surface area contributed by atoms with E-state index < -0.39 is 5.41 Å². The molecule has 0 bridgehead atoms. The minimum Gasteiger partial charge on any atom is -0.355 e. The molecule has 0 heterocycles. The average molecular weight is 337 g/mol. The molecule has 0 spiro atoms. The highest BCUT2D eigenvalue weighted by Gasteiger charge is 2.46. The molecule has 2 rings (SSSR count). The van der Waals surface area contributed by atoms with Crippen LogP contribution in [0, 0.1) is 10.8 Å². The molecule has 0 aromatic heterocycles. The summed E-state index contributed by atoms with van der Waals surface area (Å²) in [6, 6.07) is 0. The number of nitrogens with one attached hydrogen (secondary N) is 3. The van der Waals surface area contributed by atoms with Gasteiger partial charge in [-0.05, 0) is 32.1 Å². The van der Waals surface area contributed by atoms with Crippen LogP contribution in [0.1, 0.15) is 66.2 Å². The highest BCUT2D eigenvalue weighted by molar-refractivity contribution is 5.85. The van der Waals surface area contributed by atoms with Crippen LogP contribution in [0.2, 0.25) is 0 Å². The molecule has 0 aromatic rings. The first kappa shape index (κ1) is 18.7. The van der Waals surface area contributed by atoms with Crippen molar-refractivity contribution >= 4 is 17.7 Å². The number of carbonyl (C=O) groups excluding carboxylic acids is 3. The molecule has 2 aliphatic rings. The lowest BCUT2D eigenvalue weighted by Crippen LogP contribution is -2.60. The molecule has 2 saturated carbocycles.